The van der Waals surface area contributed by atoms with Crippen molar-refractivity contribution in [2.45, 2.75) is 57.7 Å². The lowest BCUT2D eigenvalue weighted by atomic mass is 10.1. The molecule has 2 aliphatic carbocycles. The van der Waals surface area contributed by atoms with Crippen LogP contribution in [-0.2, 0) is 11.3 Å². The van der Waals surface area contributed by atoms with E-state index in [0.717, 1.165) is 47.9 Å². The third-order valence-electron chi connectivity index (χ3n) is 4.76. The van der Waals surface area contributed by atoms with E-state index in [-0.39, 0.29) is 17.9 Å². The zero-order valence-corrected chi connectivity index (χ0v) is 15.2. The number of nitrogens with two attached hydrogens (primary N) is 1. The van der Waals surface area contributed by atoms with Crippen molar-refractivity contribution in [2.24, 2.45) is 11.7 Å². The SMILES string of the molecule is CCOc1ccc(Br)cc1CN(C(=O)C1CCC(N)C1)C1CC1. The number of hydrogen-bond donors (Lipinski definition) is 1. The van der Waals surface area contributed by atoms with Crippen LogP contribution >= 0.6 is 15.9 Å². The van der Waals surface area contributed by atoms with E-state index in [1.165, 1.54) is 0 Å². The summed E-state index contributed by atoms with van der Waals surface area (Å²) in [5.74, 6) is 1.26. The van der Waals surface area contributed by atoms with Gasteiger partial charge in [-0.1, -0.05) is 15.9 Å². The Morgan fingerprint density at radius 1 is 1.35 bits per heavy atom. The number of carbonyl (C=O) groups is 1. The third-order valence-corrected chi connectivity index (χ3v) is 5.25. The fourth-order valence-electron chi connectivity index (χ4n) is 3.40. The average molecular weight is 381 g/mol. The van der Waals surface area contributed by atoms with Crippen molar-refractivity contribution in [1.29, 1.82) is 0 Å². The number of amides is 1. The number of nitrogens with zero attached hydrogens (tertiary/aromatic N) is 1. The second-order valence-corrected chi connectivity index (χ2v) is 7.57. The van der Waals surface area contributed by atoms with Crippen molar-refractivity contribution in [3.63, 3.8) is 0 Å². The highest BCUT2D eigenvalue weighted by Gasteiger charge is 2.38. The van der Waals surface area contributed by atoms with Crippen LogP contribution in [0, 0.1) is 5.92 Å². The minimum absolute atomic E-state index is 0.105. The average Bonchev–Trinajstić information content (AvgIpc) is 3.27. The van der Waals surface area contributed by atoms with E-state index in [9.17, 15) is 4.79 Å². The molecule has 0 spiro atoms. The van der Waals surface area contributed by atoms with E-state index in [0.29, 0.717) is 19.2 Å². The lowest BCUT2D eigenvalue weighted by molar-refractivity contribution is -0.136. The van der Waals surface area contributed by atoms with Crippen molar-refractivity contribution in [1.82, 2.24) is 4.90 Å². The molecule has 2 unspecified atom stereocenters. The maximum absolute atomic E-state index is 12.9. The van der Waals surface area contributed by atoms with Crippen molar-refractivity contribution in [2.75, 3.05) is 6.61 Å². The first kappa shape index (κ1) is 16.8. The van der Waals surface area contributed by atoms with Crippen LogP contribution in [0.1, 0.15) is 44.6 Å². The van der Waals surface area contributed by atoms with Gasteiger partial charge in [-0.15, -0.1) is 0 Å². The summed E-state index contributed by atoms with van der Waals surface area (Å²) in [5.41, 5.74) is 7.07. The van der Waals surface area contributed by atoms with Crippen molar-refractivity contribution < 1.29 is 9.53 Å². The molecular weight excluding hydrogens is 356 g/mol. The Labute approximate surface area is 146 Å². The first-order valence-corrected chi connectivity index (χ1v) is 9.35. The van der Waals surface area contributed by atoms with Crippen LogP contribution in [0.3, 0.4) is 0 Å². The summed E-state index contributed by atoms with van der Waals surface area (Å²) in [6.07, 6.45) is 4.96. The van der Waals surface area contributed by atoms with E-state index >= 15 is 0 Å². The van der Waals surface area contributed by atoms with Gasteiger partial charge in [0, 0.05) is 34.6 Å². The standard InChI is InChI=1S/C18H25BrN2O2/c1-2-23-17-8-4-14(19)9-13(17)11-21(16-6-7-16)18(22)12-3-5-15(20)10-12/h4,8-9,12,15-16H,2-3,5-7,10-11,20H2,1H3. The van der Waals surface area contributed by atoms with Gasteiger partial charge in [0.15, 0.2) is 0 Å². The van der Waals surface area contributed by atoms with Crippen LogP contribution in [-0.4, -0.2) is 29.5 Å². The molecule has 0 saturated heterocycles. The van der Waals surface area contributed by atoms with E-state index in [1.807, 2.05) is 19.1 Å². The summed E-state index contributed by atoms with van der Waals surface area (Å²) in [6.45, 7) is 3.24. The van der Waals surface area contributed by atoms with Crippen LogP contribution in [0.25, 0.3) is 0 Å². The lowest BCUT2D eigenvalue weighted by Gasteiger charge is -2.26. The van der Waals surface area contributed by atoms with Crippen LogP contribution in [0.4, 0.5) is 0 Å². The predicted molar refractivity (Wildman–Crippen MR) is 94.2 cm³/mol. The van der Waals surface area contributed by atoms with Crippen molar-refractivity contribution in [3.8, 4) is 5.75 Å². The normalized spacial score (nSPS) is 23.8. The van der Waals surface area contributed by atoms with Gasteiger partial charge >= 0.3 is 0 Å². The molecule has 23 heavy (non-hydrogen) atoms. The van der Waals surface area contributed by atoms with Gasteiger partial charge in [0.25, 0.3) is 0 Å². The van der Waals surface area contributed by atoms with Crippen molar-refractivity contribution >= 4 is 21.8 Å². The second kappa shape index (κ2) is 7.22. The molecule has 2 fully saturated rings. The molecule has 2 saturated carbocycles. The molecule has 1 aromatic carbocycles. The Hall–Kier alpha value is -1.07. The van der Waals surface area contributed by atoms with Gasteiger partial charge in [-0.25, -0.2) is 0 Å². The summed E-state index contributed by atoms with van der Waals surface area (Å²) in [4.78, 5) is 15.0. The third kappa shape index (κ3) is 4.07. The molecule has 2 N–H and O–H groups in total. The Bertz CT molecular complexity index is 574. The summed E-state index contributed by atoms with van der Waals surface area (Å²) < 4.78 is 6.75. The molecule has 0 bridgehead atoms. The molecule has 1 aromatic rings. The maximum Gasteiger partial charge on any atom is 0.226 e. The number of hydrogen-bond acceptors (Lipinski definition) is 3. The molecule has 5 heteroatoms. The minimum Gasteiger partial charge on any atom is -0.494 e. The summed E-state index contributed by atoms with van der Waals surface area (Å²) in [6, 6.07) is 6.61. The summed E-state index contributed by atoms with van der Waals surface area (Å²) in [5, 5.41) is 0. The molecule has 0 aromatic heterocycles. The highest BCUT2D eigenvalue weighted by molar-refractivity contribution is 9.10. The van der Waals surface area contributed by atoms with Gasteiger partial charge in [0.2, 0.25) is 5.91 Å². The molecule has 0 heterocycles. The fourth-order valence-corrected chi connectivity index (χ4v) is 3.81. The molecule has 1 amide bonds. The Morgan fingerprint density at radius 3 is 2.74 bits per heavy atom. The molecular formula is C18H25BrN2O2. The molecule has 3 rings (SSSR count). The second-order valence-electron chi connectivity index (χ2n) is 6.65. The molecule has 4 nitrogen and oxygen atoms in total. The van der Waals surface area contributed by atoms with Gasteiger partial charge in [-0.3, -0.25) is 4.79 Å². The van der Waals surface area contributed by atoms with Crippen LogP contribution in [0.15, 0.2) is 22.7 Å². The van der Waals surface area contributed by atoms with E-state index < -0.39 is 0 Å². The molecule has 0 aliphatic heterocycles. The largest absolute Gasteiger partial charge is 0.494 e. The fraction of sp³-hybridized carbons (Fsp3) is 0.611. The van der Waals surface area contributed by atoms with E-state index in [2.05, 4.69) is 26.9 Å². The van der Waals surface area contributed by atoms with Gasteiger partial charge in [0.1, 0.15) is 5.75 Å². The molecule has 0 radical (unpaired) electrons. The first-order valence-electron chi connectivity index (χ1n) is 8.55. The maximum atomic E-state index is 12.9. The quantitative estimate of drug-likeness (QED) is 0.821. The molecule has 2 aliphatic rings. The van der Waals surface area contributed by atoms with Crippen molar-refractivity contribution in [3.05, 3.63) is 28.2 Å². The van der Waals surface area contributed by atoms with Gasteiger partial charge < -0.3 is 15.4 Å². The number of benzene rings is 1. The summed E-state index contributed by atoms with van der Waals surface area (Å²) in [7, 11) is 0. The van der Waals surface area contributed by atoms with Crippen LogP contribution < -0.4 is 10.5 Å². The summed E-state index contributed by atoms with van der Waals surface area (Å²) >= 11 is 3.53. The monoisotopic (exact) mass is 380 g/mol. The van der Waals surface area contributed by atoms with E-state index in [1.54, 1.807) is 0 Å². The van der Waals surface area contributed by atoms with Gasteiger partial charge in [-0.05, 0) is 57.2 Å². The highest BCUT2D eigenvalue weighted by atomic mass is 79.9. The predicted octanol–water partition coefficient (Wildman–Crippen LogP) is 3.47. The Balaban J connectivity index is 1.77. The van der Waals surface area contributed by atoms with E-state index in [4.69, 9.17) is 10.5 Å². The number of ether oxygens (including phenoxy) is 1. The molecule has 126 valence electrons. The highest BCUT2D eigenvalue weighted by Crippen LogP contribution is 2.35. The Kier molecular flexibility index (Phi) is 5.27. The zero-order valence-electron chi connectivity index (χ0n) is 13.6. The molecule has 2 atom stereocenters. The van der Waals surface area contributed by atoms with Gasteiger partial charge in [-0.2, -0.15) is 0 Å². The zero-order chi connectivity index (χ0) is 16.4. The topological polar surface area (TPSA) is 55.6 Å². The lowest BCUT2D eigenvalue weighted by Crippen LogP contribution is -2.37. The number of halogens is 1. The van der Waals surface area contributed by atoms with Gasteiger partial charge in [0.05, 0.1) is 6.61 Å². The minimum atomic E-state index is 0.105. The number of carbonyl (C=O) groups excluding carboxylic acids is 1. The first-order chi connectivity index (χ1) is 11.1. The Morgan fingerprint density at radius 2 is 2.13 bits per heavy atom. The smallest absolute Gasteiger partial charge is 0.226 e. The number of rotatable bonds is 6. The van der Waals surface area contributed by atoms with Crippen LogP contribution in [0.5, 0.6) is 5.75 Å². The van der Waals surface area contributed by atoms with Crippen LogP contribution in [0.2, 0.25) is 0 Å².